The second-order valence-electron chi connectivity index (χ2n) is 5.98. The summed E-state index contributed by atoms with van der Waals surface area (Å²) in [6.07, 6.45) is 4.43. The molecule has 5 nitrogen and oxygen atoms in total. The quantitative estimate of drug-likeness (QED) is 0.740. The Bertz CT molecular complexity index is 453. The number of nitrogens with one attached hydrogen (secondary N) is 1. The molecule has 0 bridgehead atoms. The number of hydrogen-bond donors (Lipinski definition) is 1. The molecule has 0 saturated heterocycles. The SMILES string of the molecule is CC(C)Cn1ccnc(NCCCN(C)C(C)C)c1=O. The van der Waals surface area contributed by atoms with E-state index in [0.29, 0.717) is 17.8 Å². The predicted octanol–water partition coefficient (Wildman–Crippen LogP) is 2.04. The molecular formula is C15H28N4O. The Kier molecular flexibility index (Phi) is 6.71. The van der Waals surface area contributed by atoms with Gasteiger partial charge in [0.2, 0.25) is 0 Å². The Hall–Kier alpha value is -1.36. The van der Waals surface area contributed by atoms with Crippen molar-refractivity contribution in [3.8, 4) is 0 Å². The highest BCUT2D eigenvalue weighted by molar-refractivity contribution is 5.30. The minimum Gasteiger partial charge on any atom is -0.365 e. The van der Waals surface area contributed by atoms with Crippen LogP contribution < -0.4 is 10.9 Å². The summed E-state index contributed by atoms with van der Waals surface area (Å²) in [5, 5.41) is 3.15. The molecule has 0 fully saturated rings. The van der Waals surface area contributed by atoms with Gasteiger partial charge in [0.15, 0.2) is 5.82 Å². The van der Waals surface area contributed by atoms with E-state index in [2.05, 4.69) is 49.9 Å². The normalized spacial score (nSPS) is 11.6. The molecule has 20 heavy (non-hydrogen) atoms. The summed E-state index contributed by atoms with van der Waals surface area (Å²) < 4.78 is 1.72. The van der Waals surface area contributed by atoms with Crippen LogP contribution in [0.5, 0.6) is 0 Å². The van der Waals surface area contributed by atoms with Crippen LogP contribution in [0.1, 0.15) is 34.1 Å². The van der Waals surface area contributed by atoms with Crippen LogP contribution in [0.4, 0.5) is 5.82 Å². The van der Waals surface area contributed by atoms with Gasteiger partial charge in [-0.2, -0.15) is 0 Å². The van der Waals surface area contributed by atoms with Gasteiger partial charge in [0.05, 0.1) is 0 Å². The van der Waals surface area contributed by atoms with Crippen LogP contribution in [0.15, 0.2) is 17.2 Å². The first kappa shape index (κ1) is 16.7. The molecule has 1 rings (SSSR count). The van der Waals surface area contributed by atoms with Crippen LogP contribution in [0.25, 0.3) is 0 Å². The van der Waals surface area contributed by atoms with Gasteiger partial charge in [-0.3, -0.25) is 4.79 Å². The molecule has 1 N–H and O–H groups in total. The lowest BCUT2D eigenvalue weighted by Gasteiger charge is -2.20. The van der Waals surface area contributed by atoms with Crippen molar-refractivity contribution < 1.29 is 0 Å². The minimum absolute atomic E-state index is 0.0292. The van der Waals surface area contributed by atoms with Crippen molar-refractivity contribution in [2.45, 2.75) is 46.7 Å². The van der Waals surface area contributed by atoms with Gasteiger partial charge in [-0.05, 0) is 39.8 Å². The molecule has 0 aliphatic heterocycles. The molecule has 0 aliphatic carbocycles. The first-order valence-electron chi connectivity index (χ1n) is 7.41. The molecule has 0 unspecified atom stereocenters. The number of hydrogen-bond acceptors (Lipinski definition) is 4. The van der Waals surface area contributed by atoms with Crippen LogP contribution in [-0.2, 0) is 6.54 Å². The second kappa shape index (κ2) is 8.04. The van der Waals surface area contributed by atoms with Crippen molar-refractivity contribution in [2.75, 3.05) is 25.5 Å². The van der Waals surface area contributed by atoms with Crippen LogP contribution in [0.2, 0.25) is 0 Å². The Labute approximate surface area is 122 Å². The van der Waals surface area contributed by atoms with Gasteiger partial charge in [0.25, 0.3) is 5.56 Å². The summed E-state index contributed by atoms with van der Waals surface area (Å²) >= 11 is 0. The first-order valence-corrected chi connectivity index (χ1v) is 7.41. The summed E-state index contributed by atoms with van der Waals surface area (Å²) in [5.41, 5.74) is -0.0292. The summed E-state index contributed by atoms with van der Waals surface area (Å²) in [6, 6.07) is 0.549. The number of rotatable bonds is 8. The molecule has 0 spiro atoms. The van der Waals surface area contributed by atoms with Crippen LogP contribution in [-0.4, -0.2) is 40.6 Å². The van der Waals surface area contributed by atoms with Gasteiger partial charge in [-0.25, -0.2) is 4.98 Å². The van der Waals surface area contributed by atoms with E-state index in [-0.39, 0.29) is 5.56 Å². The summed E-state index contributed by atoms with van der Waals surface area (Å²) in [4.78, 5) is 18.6. The minimum atomic E-state index is -0.0292. The van der Waals surface area contributed by atoms with E-state index >= 15 is 0 Å². The third-order valence-corrected chi connectivity index (χ3v) is 3.34. The fourth-order valence-corrected chi connectivity index (χ4v) is 1.90. The highest BCUT2D eigenvalue weighted by atomic mass is 16.1. The van der Waals surface area contributed by atoms with E-state index in [1.807, 2.05) is 0 Å². The van der Waals surface area contributed by atoms with Crippen LogP contribution in [0.3, 0.4) is 0 Å². The topological polar surface area (TPSA) is 50.2 Å². The molecule has 114 valence electrons. The van der Waals surface area contributed by atoms with Crippen LogP contribution in [0, 0.1) is 5.92 Å². The van der Waals surface area contributed by atoms with Crippen molar-refractivity contribution >= 4 is 5.82 Å². The first-order chi connectivity index (χ1) is 9.41. The lowest BCUT2D eigenvalue weighted by molar-refractivity contribution is 0.273. The van der Waals surface area contributed by atoms with Crippen molar-refractivity contribution in [1.29, 1.82) is 0 Å². The molecule has 0 amide bonds. The monoisotopic (exact) mass is 280 g/mol. The Morgan fingerprint density at radius 2 is 2.05 bits per heavy atom. The largest absolute Gasteiger partial charge is 0.365 e. The molecule has 1 heterocycles. The van der Waals surface area contributed by atoms with Gasteiger partial charge < -0.3 is 14.8 Å². The maximum atomic E-state index is 12.2. The molecule has 0 aliphatic rings. The van der Waals surface area contributed by atoms with E-state index in [9.17, 15) is 4.79 Å². The van der Waals surface area contributed by atoms with E-state index in [1.54, 1.807) is 17.0 Å². The third kappa shape index (κ3) is 5.33. The highest BCUT2D eigenvalue weighted by Gasteiger charge is 2.06. The Balaban J connectivity index is 2.50. The van der Waals surface area contributed by atoms with Crippen molar-refractivity contribution in [2.24, 2.45) is 5.92 Å². The molecule has 0 radical (unpaired) electrons. The maximum absolute atomic E-state index is 12.2. The molecule has 0 aromatic carbocycles. The van der Waals surface area contributed by atoms with E-state index in [4.69, 9.17) is 0 Å². The lowest BCUT2D eigenvalue weighted by atomic mass is 10.2. The van der Waals surface area contributed by atoms with Gasteiger partial charge >= 0.3 is 0 Å². The molecular weight excluding hydrogens is 252 g/mol. The Morgan fingerprint density at radius 1 is 1.35 bits per heavy atom. The lowest BCUT2D eigenvalue weighted by Crippen LogP contribution is -2.29. The average Bonchev–Trinajstić information content (AvgIpc) is 2.37. The van der Waals surface area contributed by atoms with Crippen LogP contribution >= 0.6 is 0 Å². The van der Waals surface area contributed by atoms with Crippen molar-refractivity contribution in [1.82, 2.24) is 14.5 Å². The summed E-state index contributed by atoms with van der Waals surface area (Å²) in [6.45, 7) is 11.1. The van der Waals surface area contributed by atoms with E-state index in [0.717, 1.165) is 26.1 Å². The van der Waals surface area contributed by atoms with Crippen molar-refractivity contribution in [3.63, 3.8) is 0 Å². The number of anilines is 1. The molecule has 1 aromatic heterocycles. The Morgan fingerprint density at radius 3 is 2.65 bits per heavy atom. The van der Waals surface area contributed by atoms with E-state index < -0.39 is 0 Å². The predicted molar refractivity (Wildman–Crippen MR) is 84.2 cm³/mol. The van der Waals surface area contributed by atoms with E-state index in [1.165, 1.54) is 0 Å². The second-order valence-corrected chi connectivity index (χ2v) is 5.98. The molecule has 5 heteroatoms. The number of aromatic nitrogens is 2. The molecule has 0 saturated carbocycles. The highest BCUT2D eigenvalue weighted by Crippen LogP contribution is 2.00. The third-order valence-electron chi connectivity index (χ3n) is 3.34. The fraction of sp³-hybridized carbons (Fsp3) is 0.733. The zero-order valence-electron chi connectivity index (χ0n) is 13.4. The fourth-order valence-electron chi connectivity index (χ4n) is 1.90. The zero-order valence-corrected chi connectivity index (χ0v) is 13.4. The van der Waals surface area contributed by atoms with Gasteiger partial charge in [0.1, 0.15) is 0 Å². The summed E-state index contributed by atoms with van der Waals surface area (Å²) in [5.74, 6) is 0.906. The standard InChI is InChI=1S/C15H28N4O/c1-12(2)11-19-10-8-17-14(15(19)20)16-7-6-9-18(5)13(3)4/h8,10,12-13H,6-7,9,11H2,1-5H3,(H,16,17). The smallest absolute Gasteiger partial charge is 0.293 e. The van der Waals surface area contributed by atoms with Gasteiger partial charge in [-0.15, -0.1) is 0 Å². The summed E-state index contributed by atoms with van der Waals surface area (Å²) in [7, 11) is 2.11. The molecule has 1 aromatic rings. The maximum Gasteiger partial charge on any atom is 0.293 e. The van der Waals surface area contributed by atoms with Gasteiger partial charge in [0, 0.05) is 31.5 Å². The van der Waals surface area contributed by atoms with Crippen molar-refractivity contribution in [3.05, 3.63) is 22.7 Å². The van der Waals surface area contributed by atoms with Gasteiger partial charge in [-0.1, -0.05) is 13.8 Å². The zero-order chi connectivity index (χ0) is 15.1. The number of nitrogens with zero attached hydrogens (tertiary/aromatic N) is 3. The average molecular weight is 280 g/mol. The molecule has 0 atom stereocenters.